The maximum Gasteiger partial charge on any atom is 0.178 e. The van der Waals surface area contributed by atoms with Gasteiger partial charge in [-0.15, -0.1) is 0 Å². The van der Waals surface area contributed by atoms with Gasteiger partial charge in [0.05, 0.1) is 23.2 Å². The minimum Gasteiger partial charge on any atom is -0.359 e. The van der Waals surface area contributed by atoms with Crippen LogP contribution in [-0.4, -0.2) is 63.1 Å². The van der Waals surface area contributed by atoms with Crippen molar-refractivity contribution in [1.29, 1.82) is 0 Å². The Balaban J connectivity index is 1.78. The molecule has 7 nitrogen and oxygen atoms in total. The van der Waals surface area contributed by atoms with Crippen LogP contribution in [0.5, 0.6) is 0 Å². The van der Waals surface area contributed by atoms with Crippen molar-refractivity contribution in [1.82, 2.24) is 15.2 Å². The van der Waals surface area contributed by atoms with Crippen LogP contribution < -0.4 is 10.6 Å². The van der Waals surface area contributed by atoms with Gasteiger partial charge in [0.1, 0.15) is 11.7 Å². The molecule has 1 aromatic carbocycles. The van der Waals surface area contributed by atoms with Crippen molar-refractivity contribution in [2.45, 2.75) is 30.7 Å². The number of anilines is 1. The van der Waals surface area contributed by atoms with Gasteiger partial charge in [-0.3, -0.25) is 4.99 Å². The van der Waals surface area contributed by atoms with E-state index in [1.165, 1.54) is 0 Å². The second kappa shape index (κ2) is 8.43. The first-order valence-electron chi connectivity index (χ1n) is 10.5. The molecule has 2 unspecified atom stereocenters. The number of amidine groups is 1. The van der Waals surface area contributed by atoms with Crippen molar-refractivity contribution in [3.63, 3.8) is 0 Å². The third-order valence-electron chi connectivity index (χ3n) is 5.76. The fraction of sp³-hybridized carbons (Fsp3) is 0.391. The monoisotopic (exact) mass is 439 g/mol. The van der Waals surface area contributed by atoms with E-state index >= 15 is 0 Å². The molecule has 0 saturated heterocycles. The maximum atomic E-state index is 12.5. The number of nitrogens with zero attached hydrogens (tertiary/aromatic N) is 3. The summed E-state index contributed by atoms with van der Waals surface area (Å²) in [5.41, 5.74) is 4.12. The van der Waals surface area contributed by atoms with Gasteiger partial charge in [0, 0.05) is 30.4 Å². The summed E-state index contributed by atoms with van der Waals surface area (Å²) in [6.07, 6.45) is 3.82. The molecule has 0 aliphatic carbocycles. The topological polar surface area (TPSA) is 86.7 Å². The molecule has 164 valence electrons. The zero-order valence-corrected chi connectivity index (χ0v) is 19.2. The molecule has 4 rings (SSSR count). The fourth-order valence-electron chi connectivity index (χ4n) is 4.08. The molecular weight excluding hydrogens is 410 g/mol. The highest BCUT2D eigenvalue weighted by molar-refractivity contribution is 7.91. The summed E-state index contributed by atoms with van der Waals surface area (Å²) in [7, 11) is 0.778. The first-order valence-corrected chi connectivity index (χ1v) is 12.2. The summed E-state index contributed by atoms with van der Waals surface area (Å²) in [6, 6.07) is 9.30. The van der Waals surface area contributed by atoms with Gasteiger partial charge in [-0.25, -0.2) is 13.4 Å². The van der Waals surface area contributed by atoms with E-state index in [0.717, 1.165) is 40.5 Å². The molecule has 2 N–H and O–H groups in total. The van der Waals surface area contributed by atoms with Gasteiger partial charge < -0.3 is 15.5 Å². The predicted octanol–water partition coefficient (Wildman–Crippen LogP) is 2.67. The highest BCUT2D eigenvalue weighted by Crippen LogP contribution is 2.45. The van der Waals surface area contributed by atoms with Gasteiger partial charge in [0.2, 0.25) is 0 Å². The highest BCUT2D eigenvalue weighted by Gasteiger charge is 2.41. The van der Waals surface area contributed by atoms with Crippen molar-refractivity contribution in [3.8, 4) is 0 Å². The normalized spacial score (nSPS) is 21.3. The number of hydrogen-bond acceptors (Lipinski definition) is 6. The number of rotatable bonds is 6. The predicted molar refractivity (Wildman–Crippen MR) is 125 cm³/mol. The molecule has 3 heterocycles. The zero-order valence-electron chi connectivity index (χ0n) is 18.4. The fourth-order valence-corrected chi connectivity index (χ4v) is 5.00. The molecule has 0 bridgehead atoms. The molecule has 2 aliphatic heterocycles. The molecule has 0 amide bonds. The minimum absolute atomic E-state index is 0.00124. The van der Waals surface area contributed by atoms with Gasteiger partial charge >= 0.3 is 0 Å². The molecule has 8 heteroatoms. The van der Waals surface area contributed by atoms with Gasteiger partial charge in [-0.05, 0) is 49.9 Å². The standard InChI is InChI=1S/C23H29N5O2S/c1-5-31(29,30)17-8-6-7-16(12-17)19-14-26-23(24-9-10-28(3)4)21-20(19)18-11-15(2)13-25-22(18)27-21/h6-8,11-14,20-21H,5,9-10H2,1-4H3,(H,24,26)(H,25,27). The van der Waals surface area contributed by atoms with Crippen LogP contribution >= 0.6 is 0 Å². The SMILES string of the molecule is CCS(=O)(=O)c1cccc(C2=CNC(=NCCN(C)C)C3Nc4ncc(C)cc4C23)c1. The number of aliphatic imine (C=N–C) groups is 1. The molecule has 2 atom stereocenters. The lowest BCUT2D eigenvalue weighted by Gasteiger charge is -2.30. The summed E-state index contributed by atoms with van der Waals surface area (Å²) in [5.74, 6) is 1.81. The summed E-state index contributed by atoms with van der Waals surface area (Å²) in [5, 5.41) is 6.89. The lowest BCUT2D eigenvalue weighted by molar-refractivity contribution is 0.420. The lowest BCUT2D eigenvalue weighted by atomic mass is 9.82. The Kier molecular flexibility index (Phi) is 5.85. The molecule has 2 aliphatic rings. The number of aromatic nitrogens is 1. The number of pyridine rings is 1. The maximum absolute atomic E-state index is 12.5. The van der Waals surface area contributed by atoms with E-state index in [2.05, 4.69) is 26.6 Å². The summed E-state index contributed by atoms with van der Waals surface area (Å²) >= 11 is 0. The van der Waals surface area contributed by atoms with Crippen molar-refractivity contribution >= 4 is 27.1 Å². The Bertz CT molecular complexity index is 1150. The summed E-state index contributed by atoms with van der Waals surface area (Å²) in [6.45, 7) is 5.25. The Morgan fingerprint density at radius 2 is 2.03 bits per heavy atom. The number of nitrogens with one attached hydrogen (secondary N) is 2. The van der Waals surface area contributed by atoms with Crippen molar-refractivity contribution in [2.24, 2.45) is 4.99 Å². The average molecular weight is 440 g/mol. The van der Waals surface area contributed by atoms with Crippen LogP contribution in [0.2, 0.25) is 0 Å². The zero-order chi connectivity index (χ0) is 22.2. The first kappa shape index (κ1) is 21.5. The van der Waals surface area contributed by atoms with Crippen molar-refractivity contribution < 1.29 is 8.42 Å². The van der Waals surface area contributed by atoms with E-state index in [0.29, 0.717) is 11.4 Å². The number of sulfone groups is 1. The van der Waals surface area contributed by atoms with Crippen LogP contribution in [0.3, 0.4) is 0 Å². The Labute approximate surface area is 184 Å². The van der Waals surface area contributed by atoms with Crippen LogP contribution in [0.15, 0.2) is 52.6 Å². The molecule has 31 heavy (non-hydrogen) atoms. The number of fused-ring (bicyclic) bond motifs is 3. The molecular formula is C23H29N5O2S. The van der Waals surface area contributed by atoms with E-state index in [1.54, 1.807) is 19.1 Å². The Morgan fingerprint density at radius 1 is 1.23 bits per heavy atom. The van der Waals surface area contributed by atoms with Gasteiger partial charge in [-0.2, -0.15) is 0 Å². The quantitative estimate of drug-likeness (QED) is 0.720. The second-order valence-electron chi connectivity index (χ2n) is 8.30. The van der Waals surface area contributed by atoms with Gasteiger partial charge in [0.15, 0.2) is 9.84 Å². The minimum atomic E-state index is -3.28. The lowest BCUT2D eigenvalue weighted by Crippen LogP contribution is -2.43. The van der Waals surface area contributed by atoms with Crippen LogP contribution in [0.4, 0.5) is 5.82 Å². The van der Waals surface area contributed by atoms with Gasteiger partial charge in [-0.1, -0.05) is 25.1 Å². The molecule has 1 aromatic heterocycles. The number of benzene rings is 1. The Morgan fingerprint density at radius 3 is 2.77 bits per heavy atom. The van der Waals surface area contributed by atoms with Gasteiger partial charge in [0.25, 0.3) is 0 Å². The van der Waals surface area contributed by atoms with Crippen LogP contribution in [0.1, 0.15) is 29.5 Å². The van der Waals surface area contributed by atoms with Crippen LogP contribution in [0, 0.1) is 6.92 Å². The van der Waals surface area contributed by atoms with Crippen LogP contribution in [0.25, 0.3) is 5.57 Å². The number of aryl methyl sites for hydroxylation is 1. The average Bonchev–Trinajstić information content (AvgIpc) is 3.13. The Hall–Kier alpha value is -2.71. The van der Waals surface area contributed by atoms with Crippen LogP contribution in [-0.2, 0) is 9.84 Å². The number of likely N-dealkylation sites (N-methyl/N-ethyl adjacent to an activating group) is 1. The molecule has 0 radical (unpaired) electrons. The van der Waals surface area contributed by atoms with E-state index in [9.17, 15) is 8.42 Å². The third-order valence-corrected chi connectivity index (χ3v) is 7.49. The largest absolute Gasteiger partial charge is 0.359 e. The summed E-state index contributed by atoms with van der Waals surface area (Å²) in [4.78, 5) is 11.9. The summed E-state index contributed by atoms with van der Waals surface area (Å²) < 4.78 is 24.9. The molecule has 0 fully saturated rings. The number of hydrogen-bond donors (Lipinski definition) is 2. The highest BCUT2D eigenvalue weighted by atomic mass is 32.2. The molecule has 0 saturated carbocycles. The second-order valence-corrected chi connectivity index (χ2v) is 10.6. The van der Waals surface area contributed by atoms with Crippen molar-refractivity contribution in [2.75, 3.05) is 38.3 Å². The molecule has 2 aromatic rings. The van der Waals surface area contributed by atoms with E-state index in [-0.39, 0.29) is 17.7 Å². The van der Waals surface area contributed by atoms with Crippen molar-refractivity contribution in [3.05, 3.63) is 59.4 Å². The van der Waals surface area contributed by atoms with E-state index in [4.69, 9.17) is 4.99 Å². The van der Waals surface area contributed by atoms with E-state index < -0.39 is 9.84 Å². The smallest absolute Gasteiger partial charge is 0.178 e. The van der Waals surface area contributed by atoms with E-state index in [1.807, 2.05) is 45.5 Å². The molecule has 0 spiro atoms. The first-order chi connectivity index (χ1) is 14.8. The third kappa shape index (κ3) is 4.22.